The van der Waals surface area contributed by atoms with Crippen LogP contribution in [-0.2, 0) is 11.3 Å². The van der Waals surface area contributed by atoms with E-state index in [1.165, 1.54) is 12.8 Å². The van der Waals surface area contributed by atoms with Crippen molar-refractivity contribution in [2.75, 3.05) is 19.9 Å². The van der Waals surface area contributed by atoms with Crippen LogP contribution < -0.4 is 14.8 Å². The molecule has 2 fully saturated rings. The van der Waals surface area contributed by atoms with Crippen molar-refractivity contribution >= 4 is 11.9 Å². The predicted molar refractivity (Wildman–Crippen MR) is 113 cm³/mol. The van der Waals surface area contributed by atoms with Crippen LogP contribution in [-0.4, -0.2) is 53.7 Å². The molecule has 2 aliphatic heterocycles. The van der Waals surface area contributed by atoms with E-state index in [1.807, 2.05) is 32.0 Å². The van der Waals surface area contributed by atoms with Crippen molar-refractivity contribution in [2.24, 2.45) is 5.92 Å². The molecule has 0 radical (unpaired) electrons. The second-order valence-electron chi connectivity index (χ2n) is 8.98. The van der Waals surface area contributed by atoms with Crippen LogP contribution in [0.15, 0.2) is 18.2 Å². The number of rotatable bonds is 5. The number of carbonyl (C=O) groups excluding carboxylic acids is 2. The van der Waals surface area contributed by atoms with Crippen LogP contribution in [0.3, 0.4) is 0 Å². The maximum absolute atomic E-state index is 13.6. The molecule has 0 bridgehead atoms. The zero-order valence-corrected chi connectivity index (χ0v) is 18.1. The maximum atomic E-state index is 13.6. The summed E-state index contributed by atoms with van der Waals surface area (Å²) in [4.78, 5) is 30.0. The molecule has 1 aromatic carbocycles. The van der Waals surface area contributed by atoms with Gasteiger partial charge in [-0.25, -0.2) is 4.79 Å². The largest absolute Gasteiger partial charge is 0.454 e. The Balaban J connectivity index is 1.47. The van der Waals surface area contributed by atoms with Gasteiger partial charge in [0.05, 0.1) is 5.92 Å². The smallest absolute Gasteiger partial charge is 0.317 e. The Morgan fingerprint density at radius 2 is 1.90 bits per heavy atom. The normalized spacial score (nSPS) is 21.2. The van der Waals surface area contributed by atoms with Gasteiger partial charge in [-0.3, -0.25) is 4.79 Å². The van der Waals surface area contributed by atoms with Gasteiger partial charge in [-0.05, 0) is 57.2 Å². The van der Waals surface area contributed by atoms with Gasteiger partial charge in [0.25, 0.3) is 0 Å². The van der Waals surface area contributed by atoms with Crippen LogP contribution >= 0.6 is 0 Å². The van der Waals surface area contributed by atoms with Crippen LogP contribution in [0.2, 0.25) is 0 Å². The van der Waals surface area contributed by atoms with Crippen molar-refractivity contribution in [1.29, 1.82) is 0 Å². The van der Waals surface area contributed by atoms with Crippen LogP contribution in [0.1, 0.15) is 57.9 Å². The number of ether oxygens (including phenoxy) is 2. The molecule has 2 heterocycles. The van der Waals surface area contributed by atoms with E-state index in [4.69, 9.17) is 9.47 Å². The molecule has 0 aromatic heterocycles. The Hall–Kier alpha value is -2.44. The van der Waals surface area contributed by atoms with E-state index in [0.29, 0.717) is 19.6 Å². The van der Waals surface area contributed by atoms with Crippen molar-refractivity contribution in [2.45, 2.75) is 71.0 Å². The molecule has 7 nitrogen and oxygen atoms in total. The van der Waals surface area contributed by atoms with Crippen LogP contribution in [0.25, 0.3) is 0 Å². The van der Waals surface area contributed by atoms with Gasteiger partial charge in [0.15, 0.2) is 11.5 Å². The molecule has 4 rings (SSSR count). The average Bonchev–Trinajstić information content (AvgIpc) is 3.42. The van der Waals surface area contributed by atoms with Gasteiger partial charge >= 0.3 is 6.03 Å². The van der Waals surface area contributed by atoms with Crippen molar-refractivity contribution in [1.82, 2.24) is 15.1 Å². The molecule has 1 saturated carbocycles. The quantitative estimate of drug-likeness (QED) is 0.799. The zero-order valence-electron chi connectivity index (χ0n) is 18.1. The lowest BCUT2D eigenvalue weighted by Gasteiger charge is -2.37. The lowest BCUT2D eigenvalue weighted by molar-refractivity contribution is -0.140. The number of nitrogens with zero attached hydrogens (tertiary/aromatic N) is 2. The SMILES string of the molecule is CC(C)NC(=O)N1CCC[C@@H](C(=O)N(Cc2ccc3c(c2)OCO3)C2CCCC2)C1. The van der Waals surface area contributed by atoms with Crippen molar-refractivity contribution in [3.63, 3.8) is 0 Å². The summed E-state index contributed by atoms with van der Waals surface area (Å²) in [7, 11) is 0. The Morgan fingerprint density at radius 3 is 2.67 bits per heavy atom. The van der Waals surface area contributed by atoms with Crippen LogP contribution in [0, 0.1) is 5.92 Å². The third-order valence-corrected chi connectivity index (χ3v) is 6.31. The van der Waals surface area contributed by atoms with E-state index in [1.54, 1.807) is 4.90 Å². The molecule has 1 aromatic rings. The molecule has 7 heteroatoms. The van der Waals surface area contributed by atoms with Gasteiger partial charge in [0.1, 0.15) is 0 Å². The summed E-state index contributed by atoms with van der Waals surface area (Å²) in [6, 6.07) is 6.24. The minimum atomic E-state index is -0.133. The second kappa shape index (κ2) is 9.14. The summed E-state index contributed by atoms with van der Waals surface area (Å²) in [5.41, 5.74) is 1.06. The molecule has 30 heavy (non-hydrogen) atoms. The standard InChI is InChI=1S/C23H33N3O4/c1-16(2)24-23(28)25-11-5-6-18(14-25)22(27)26(19-7-3-4-8-19)13-17-9-10-20-21(12-17)30-15-29-20/h9-10,12,16,18-19H,3-8,11,13-15H2,1-2H3,(H,24,28)/t18-/m1/s1. The van der Waals surface area contributed by atoms with E-state index in [0.717, 1.165) is 42.7 Å². The second-order valence-corrected chi connectivity index (χ2v) is 8.98. The fraction of sp³-hybridized carbons (Fsp3) is 0.652. The van der Waals surface area contributed by atoms with E-state index in [9.17, 15) is 9.59 Å². The first kappa shape index (κ1) is 20.8. The number of piperidine rings is 1. The Bertz CT molecular complexity index is 776. The van der Waals surface area contributed by atoms with Gasteiger partial charge in [-0.15, -0.1) is 0 Å². The molecule has 3 aliphatic rings. The van der Waals surface area contributed by atoms with Crippen molar-refractivity contribution in [3.05, 3.63) is 23.8 Å². The molecule has 164 valence electrons. The highest BCUT2D eigenvalue weighted by Crippen LogP contribution is 2.34. The third-order valence-electron chi connectivity index (χ3n) is 6.31. The fourth-order valence-electron chi connectivity index (χ4n) is 4.77. The number of likely N-dealkylation sites (tertiary alicyclic amines) is 1. The van der Waals surface area contributed by atoms with E-state index >= 15 is 0 Å². The highest BCUT2D eigenvalue weighted by Gasteiger charge is 2.35. The van der Waals surface area contributed by atoms with Gasteiger partial charge in [0.2, 0.25) is 12.7 Å². The minimum absolute atomic E-state index is 0.0642. The molecule has 0 unspecified atom stereocenters. The number of carbonyl (C=O) groups is 2. The summed E-state index contributed by atoms with van der Waals surface area (Å²) >= 11 is 0. The summed E-state index contributed by atoms with van der Waals surface area (Å²) in [5, 5.41) is 2.96. The lowest BCUT2D eigenvalue weighted by atomic mass is 9.95. The van der Waals surface area contributed by atoms with Crippen LogP contribution in [0.4, 0.5) is 4.79 Å². The number of nitrogens with one attached hydrogen (secondary N) is 1. The summed E-state index contributed by atoms with van der Waals surface area (Å²) in [5.74, 6) is 1.56. The Morgan fingerprint density at radius 1 is 1.13 bits per heavy atom. The van der Waals surface area contributed by atoms with Crippen molar-refractivity contribution in [3.8, 4) is 11.5 Å². The minimum Gasteiger partial charge on any atom is -0.454 e. The molecule has 1 saturated heterocycles. The summed E-state index contributed by atoms with van der Waals surface area (Å²) < 4.78 is 10.9. The fourth-order valence-corrected chi connectivity index (χ4v) is 4.77. The number of hydrogen-bond acceptors (Lipinski definition) is 4. The molecule has 0 spiro atoms. The first-order chi connectivity index (χ1) is 14.5. The molecular formula is C23H33N3O4. The molecule has 1 atom stereocenters. The highest BCUT2D eigenvalue weighted by atomic mass is 16.7. The van der Waals surface area contributed by atoms with E-state index in [2.05, 4.69) is 10.2 Å². The summed E-state index contributed by atoms with van der Waals surface area (Å²) in [6.45, 7) is 5.96. The van der Waals surface area contributed by atoms with Gasteiger partial charge < -0.3 is 24.6 Å². The lowest BCUT2D eigenvalue weighted by Crippen LogP contribution is -2.51. The molecular weight excluding hydrogens is 382 g/mol. The van der Waals surface area contributed by atoms with Gasteiger partial charge in [-0.2, -0.15) is 0 Å². The maximum Gasteiger partial charge on any atom is 0.317 e. The summed E-state index contributed by atoms with van der Waals surface area (Å²) in [6.07, 6.45) is 6.16. The number of fused-ring (bicyclic) bond motifs is 1. The Kier molecular flexibility index (Phi) is 6.35. The third kappa shape index (κ3) is 4.65. The number of amides is 3. The van der Waals surface area contributed by atoms with Crippen LogP contribution in [0.5, 0.6) is 11.5 Å². The molecule has 3 amide bonds. The first-order valence-corrected chi connectivity index (χ1v) is 11.3. The zero-order chi connectivity index (χ0) is 21.1. The topological polar surface area (TPSA) is 71.1 Å². The van der Waals surface area contributed by atoms with Gasteiger partial charge in [-0.1, -0.05) is 18.9 Å². The number of hydrogen-bond donors (Lipinski definition) is 1. The monoisotopic (exact) mass is 415 g/mol. The predicted octanol–water partition coefficient (Wildman–Crippen LogP) is 3.52. The number of urea groups is 1. The molecule has 1 aliphatic carbocycles. The first-order valence-electron chi connectivity index (χ1n) is 11.3. The van der Waals surface area contributed by atoms with Gasteiger partial charge in [0, 0.05) is 31.7 Å². The highest BCUT2D eigenvalue weighted by molar-refractivity contribution is 5.81. The number of benzene rings is 1. The Labute approximate surface area is 178 Å². The van der Waals surface area contributed by atoms with E-state index < -0.39 is 0 Å². The van der Waals surface area contributed by atoms with Crippen molar-refractivity contribution < 1.29 is 19.1 Å². The molecule has 1 N–H and O–H groups in total. The van der Waals surface area contributed by atoms with E-state index in [-0.39, 0.29) is 36.7 Å². The average molecular weight is 416 g/mol.